The van der Waals surface area contributed by atoms with Gasteiger partial charge in [0.1, 0.15) is 6.04 Å². The van der Waals surface area contributed by atoms with E-state index >= 15 is 0 Å². The number of sulfonamides is 1. The largest absolute Gasteiger partial charge is 0.480 e. The van der Waals surface area contributed by atoms with Crippen LogP contribution in [0.1, 0.15) is 46.5 Å². The van der Waals surface area contributed by atoms with Crippen molar-refractivity contribution < 1.29 is 18.3 Å². The van der Waals surface area contributed by atoms with Crippen molar-refractivity contribution >= 4 is 16.0 Å². The number of hydrogen-bond donors (Lipinski definition) is 1. The minimum atomic E-state index is -3.46. The molecule has 1 atom stereocenters. The first kappa shape index (κ1) is 15.4. The number of carboxylic acid groups (broad SMARTS) is 1. The summed E-state index contributed by atoms with van der Waals surface area (Å²) >= 11 is 0. The second-order valence-corrected chi connectivity index (χ2v) is 8.13. The van der Waals surface area contributed by atoms with Crippen molar-refractivity contribution in [3.8, 4) is 0 Å². The average Bonchev–Trinajstić information content (AvgIpc) is 2.26. The van der Waals surface area contributed by atoms with Crippen LogP contribution in [-0.2, 0) is 14.8 Å². The van der Waals surface area contributed by atoms with Crippen molar-refractivity contribution in [2.24, 2.45) is 5.41 Å². The molecule has 0 aromatic heterocycles. The van der Waals surface area contributed by atoms with Crippen molar-refractivity contribution in [3.05, 3.63) is 0 Å². The molecule has 18 heavy (non-hydrogen) atoms. The molecule has 1 heterocycles. The Bertz CT molecular complexity index is 397. The van der Waals surface area contributed by atoms with Gasteiger partial charge in [0.25, 0.3) is 0 Å². The minimum absolute atomic E-state index is 0.0281. The van der Waals surface area contributed by atoms with E-state index in [1.165, 1.54) is 4.31 Å². The van der Waals surface area contributed by atoms with Gasteiger partial charge in [0.15, 0.2) is 0 Å². The predicted molar refractivity (Wildman–Crippen MR) is 69.8 cm³/mol. The molecule has 1 aliphatic heterocycles. The summed E-state index contributed by atoms with van der Waals surface area (Å²) in [6.07, 6.45) is 2.49. The molecule has 0 amide bonds. The Morgan fingerprint density at radius 1 is 1.33 bits per heavy atom. The zero-order chi connectivity index (χ0) is 14.0. The SMILES string of the molecule is CC(C)(C)CCS(=O)(=O)N1CCCC[C@@H]1C(=O)O. The fourth-order valence-electron chi connectivity index (χ4n) is 2.04. The lowest BCUT2D eigenvalue weighted by Crippen LogP contribution is -2.48. The van der Waals surface area contributed by atoms with Gasteiger partial charge >= 0.3 is 5.97 Å². The molecule has 0 radical (unpaired) electrons. The van der Waals surface area contributed by atoms with E-state index in [9.17, 15) is 13.2 Å². The van der Waals surface area contributed by atoms with Crippen LogP contribution in [0.5, 0.6) is 0 Å². The van der Waals surface area contributed by atoms with Crippen LogP contribution in [0.15, 0.2) is 0 Å². The van der Waals surface area contributed by atoms with E-state index in [0.29, 0.717) is 19.4 Å². The molecule has 106 valence electrons. The fourth-order valence-corrected chi connectivity index (χ4v) is 4.13. The number of hydrogen-bond acceptors (Lipinski definition) is 3. The molecule has 0 aromatic carbocycles. The lowest BCUT2D eigenvalue weighted by Gasteiger charge is -2.32. The highest BCUT2D eigenvalue weighted by Gasteiger charge is 2.36. The molecule has 0 unspecified atom stereocenters. The fraction of sp³-hybridized carbons (Fsp3) is 0.917. The van der Waals surface area contributed by atoms with E-state index in [1.807, 2.05) is 20.8 Å². The molecule has 1 N–H and O–H groups in total. The van der Waals surface area contributed by atoms with Crippen LogP contribution in [0.25, 0.3) is 0 Å². The Morgan fingerprint density at radius 3 is 2.44 bits per heavy atom. The van der Waals surface area contributed by atoms with Crippen molar-refractivity contribution in [2.75, 3.05) is 12.3 Å². The average molecular weight is 277 g/mol. The molecule has 0 aliphatic carbocycles. The summed E-state index contributed by atoms with van der Waals surface area (Å²) in [4.78, 5) is 11.1. The van der Waals surface area contributed by atoms with Crippen LogP contribution in [-0.4, -0.2) is 42.1 Å². The Hall–Kier alpha value is -0.620. The first-order valence-corrected chi connectivity index (χ1v) is 7.97. The Labute approximate surface area is 109 Å². The van der Waals surface area contributed by atoms with Crippen LogP contribution in [0.4, 0.5) is 0 Å². The van der Waals surface area contributed by atoms with Crippen molar-refractivity contribution in [3.63, 3.8) is 0 Å². The molecule has 1 rings (SSSR count). The van der Waals surface area contributed by atoms with E-state index in [0.717, 1.165) is 12.8 Å². The summed E-state index contributed by atoms with van der Waals surface area (Å²) < 4.78 is 25.6. The maximum atomic E-state index is 12.2. The first-order valence-electron chi connectivity index (χ1n) is 6.36. The highest BCUT2D eigenvalue weighted by Crippen LogP contribution is 2.25. The Kier molecular flexibility index (Phi) is 4.78. The summed E-state index contributed by atoms with van der Waals surface area (Å²) in [6, 6.07) is -0.872. The number of aliphatic carboxylic acids is 1. The van der Waals surface area contributed by atoms with Crippen LogP contribution in [0, 0.1) is 5.41 Å². The lowest BCUT2D eigenvalue weighted by atomic mass is 9.94. The van der Waals surface area contributed by atoms with Gasteiger partial charge in [0.05, 0.1) is 5.75 Å². The number of carbonyl (C=O) groups is 1. The van der Waals surface area contributed by atoms with Crippen LogP contribution in [0.3, 0.4) is 0 Å². The molecule has 0 spiro atoms. The maximum absolute atomic E-state index is 12.2. The van der Waals surface area contributed by atoms with Crippen LogP contribution >= 0.6 is 0 Å². The second kappa shape index (κ2) is 5.57. The number of nitrogens with zero attached hydrogens (tertiary/aromatic N) is 1. The predicted octanol–water partition coefficient (Wildman–Crippen LogP) is 1.69. The number of piperidine rings is 1. The number of rotatable bonds is 4. The smallest absolute Gasteiger partial charge is 0.322 e. The van der Waals surface area contributed by atoms with Gasteiger partial charge in [-0.1, -0.05) is 20.8 Å². The van der Waals surface area contributed by atoms with Gasteiger partial charge < -0.3 is 5.11 Å². The normalized spacial score (nSPS) is 22.9. The van der Waals surface area contributed by atoms with Gasteiger partial charge in [-0.3, -0.25) is 4.79 Å². The zero-order valence-electron chi connectivity index (χ0n) is 11.3. The van der Waals surface area contributed by atoms with Crippen molar-refractivity contribution in [1.82, 2.24) is 4.31 Å². The summed E-state index contributed by atoms with van der Waals surface area (Å²) in [5.41, 5.74) is -0.0679. The van der Waals surface area contributed by atoms with Gasteiger partial charge in [-0.25, -0.2) is 8.42 Å². The van der Waals surface area contributed by atoms with Gasteiger partial charge in [0.2, 0.25) is 10.0 Å². The third-order valence-electron chi connectivity index (χ3n) is 3.21. The highest BCUT2D eigenvalue weighted by atomic mass is 32.2. The third-order valence-corrected chi connectivity index (χ3v) is 5.08. The van der Waals surface area contributed by atoms with Gasteiger partial charge in [0, 0.05) is 6.54 Å². The molecular weight excluding hydrogens is 254 g/mol. The number of carboxylic acids is 1. The van der Waals surface area contributed by atoms with Crippen molar-refractivity contribution in [1.29, 1.82) is 0 Å². The molecule has 6 heteroatoms. The molecule has 5 nitrogen and oxygen atoms in total. The van der Waals surface area contributed by atoms with E-state index in [1.54, 1.807) is 0 Å². The second-order valence-electron chi connectivity index (χ2n) is 6.09. The molecule has 0 aromatic rings. The first-order chi connectivity index (χ1) is 8.13. The maximum Gasteiger partial charge on any atom is 0.322 e. The summed E-state index contributed by atoms with van der Waals surface area (Å²) in [7, 11) is -3.46. The van der Waals surface area contributed by atoms with Crippen LogP contribution < -0.4 is 0 Å². The molecule has 0 saturated carbocycles. The lowest BCUT2D eigenvalue weighted by molar-refractivity contribution is -0.142. The van der Waals surface area contributed by atoms with E-state index in [-0.39, 0.29) is 11.2 Å². The van der Waals surface area contributed by atoms with E-state index in [4.69, 9.17) is 5.11 Å². The van der Waals surface area contributed by atoms with E-state index < -0.39 is 22.0 Å². The monoisotopic (exact) mass is 277 g/mol. The van der Waals surface area contributed by atoms with E-state index in [2.05, 4.69) is 0 Å². The quantitative estimate of drug-likeness (QED) is 0.848. The summed E-state index contributed by atoms with van der Waals surface area (Å²) in [5, 5.41) is 9.09. The molecular formula is C12H23NO4S. The third kappa shape index (κ3) is 4.24. The van der Waals surface area contributed by atoms with Gasteiger partial charge in [-0.15, -0.1) is 0 Å². The Morgan fingerprint density at radius 2 is 1.94 bits per heavy atom. The Balaban J connectivity index is 2.78. The molecule has 1 aliphatic rings. The van der Waals surface area contributed by atoms with Crippen molar-refractivity contribution in [2.45, 2.75) is 52.5 Å². The zero-order valence-corrected chi connectivity index (χ0v) is 12.2. The van der Waals surface area contributed by atoms with Gasteiger partial charge in [-0.2, -0.15) is 4.31 Å². The molecule has 1 saturated heterocycles. The topological polar surface area (TPSA) is 74.7 Å². The summed E-state index contributed by atoms with van der Waals surface area (Å²) in [6.45, 7) is 6.28. The highest BCUT2D eigenvalue weighted by molar-refractivity contribution is 7.89. The van der Waals surface area contributed by atoms with Crippen LogP contribution in [0.2, 0.25) is 0 Å². The summed E-state index contributed by atoms with van der Waals surface area (Å²) in [5.74, 6) is -1.01. The standard InChI is InChI=1S/C12H23NO4S/c1-12(2,3)7-9-18(16,17)13-8-5-4-6-10(13)11(14)15/h10H,4-9H2,1-3H3,(H,14,15)/t10-/m1/s1. The minimum Gasteiger partial charge on any atom is -0.480 e. The molecule has 1 fully saturated rings. The van der Waals surface area contributed by atoms with Gasteiger partial charge in [-0.05, 0) is 31.1 Å². The molecule has 0 bridgehead atoms.